The lowest BCUT2D eigenvalue weighted by Crippen LogP contribution is -2.43. The normalized spacial score (nSPS) is 20.7. The predicted molar refractivity (Wildman–Crippen MR) is 92.6 cm³/mol. The molecular weight excluding hydrogens is 394 g/mol. The van der Waals surface area contributed by atoms with Gasteiger partial charge >= 0.3 is 6.18 Å². The first-order valence-corrected chi connectivity index (χ1v) is 8.91. The Labute approximate surface area is 162 Å². The van der Waals surface area contributed by atoms with Crippen LogP contribution in [0, 0.1) is 5.82 Å². The summed E-state index contributed by atoms with van der Waals surface area (Å²) in [6, 6.07) is 4.10. The van der Waals surface area contributed by atoms with Crippen molar-refractivity contribution in [1.82, 2.24) is 10.1 Å². The predicted octanol–water partition coefficient (Wildman–Crippen LogP) is 3.03. The average Bonchev–Trinajstić information content (AvgIpc) is 3.24. The highest BCUT2D eigenvalue weighted by Crippen LogP contribution is 2.43. The third-order valence-electron chi connectivity index (χ3n) is 5.36. The van der Waals surface area contributed by atoms with Crippen molar-refractivity contribution in [3.8, 4) is 0 Å². The summed E-state index contributed by atoms with van der Waals surface area (Å²) in [7, 11) is 0. The SMILES string of the molecule is C[C@H]1CN(C(=O)C2=NCc3ccc(F)cc32)Cc2onc([C@@](C)(O)C(F)(F)F)c21. The smallest absolute Gasteiger partial charge is 0.375 e. The van der Waals surface area contributed by atoms with Crippen LogP contribution in [0.15, 0.2) is 27.7 Å². The highest BCUT2D eigenvalue weighted by molar-refractivity contribution is 6.46. The van der Waals surface area contributed by atoms with Crippen molar-refractivity contribution in [1.29, 1.82) is 0 Å². The molecule has 2 atom stereocenters. The van der Waals surface area contributed by atoms with E-state index in [2.05, 4.69) is 10.1 Å². The van der Waals surface area contributed by atoms with Gasteiger partial charge in [0.25, 0.3) is 5.91 Å². The minimum absolute atomic E-state index is 0.0784. The molecule has 1 amide bonds. The highest BCUT2D eigenvalue weighted by atomic mass is 19.4. The Bertz CT molecular complexity index is 1030. The van der Waals surface area contributed by atoms with E-state index in [0.717, 1.165) is 5.56 Å². The van der Waals surface area contributed by atoms with Gasteiger partial charge in [0, 0.05) is 23.6 Å². The lowest BCUT2D eigenvalue weighted by Gasteiger charge is -2.32. The number of aliphatic hydroxyl groups is 1. The number of amides is 1. The van der Waals surface area contributed by atoms with Crippen LogP contribution < -0.4 is 0 Å². The maximum atomic E-state index is 13.6. The Hall–Kier alpha value is -2.75. The Morgan fingerprint density at radius 2 is 2.07 bits per heavy atom. The van der Waals surface area contributed by atoms with Crippen molar-refractivity contribution in [2.75, 3.05) is 6.54 Å². The van der Waals surface area contributed by atoms with Crippen LogP contribution in [0.5, 0.6) is 0 Å². The van der Waals surface area contributed by atoms with Gasteiger partial charge in [-0.25, -0.2) is 4.39 Å². The summed E-state index contributed by atoms with van der Waals surface area (Å²) in [5.74, 6) is -1.44. The van der Waals surface area contributed by atoms with E-state index in [4.69, 9.17) is 4.52 Å². The molecule has 2 aromatic rings. The van der Waals surface area contributed by atoms with Crippen LogP contribution in [-0.2, 0) is 23.5 Å². The molecule has 2 aliphatic rings. The molecule has 0 fully saturated rings. The lowest BCUT2D eigenvalue weighted by atomic mass is 9.87. The summed E-state index contributed by atoms with van der Waals surface area (Å²) in [6.07, 6.45) is -4.93. The van der Waals surface area contributed by atoms with Crippen LogP contribution >= 0.6 is 0 Å². The summed E-state index contributed by atoms with van der Waals surface area (Å²) in [4.78, 5) is 18.6. The third kappa shape index (κ3) is 3.02. The van der Waals surface area contributed by atoms with Gasteiger partial charge in [0.05, 0.1) is 13.1 Å². The van der Waals surface area contributed by atoms with E-state index in [1.54, 1.807) is 13.0 Å². The second-order valence-corrected chi connectivity index (χ2v) is 7.49. The number of nitrogens with zero attached hydrogens (tertiary/aromatic N) is 3. The molecular formula is C19H17F4N3O3. The van der Waals surface area contributed by atoms with E-state index in [0.29, 0.717) is 12.5 Å². The molecule has 0 unspecified atom stereocenters. The topological polar surface area (TPSA) is 78.9 Å². The monoisotopic (exact) mass is 411 g/mol. The van der Waals surface area contributed by atoms with Gasteiger partial charge in [0.2, 0.25) is 5.60 Å². The standard InChI is InChI=1S/C19H17F4N3O3/c1-9-7-26(17(27)15-12-5-11(20)4-3-10(12)6-24-15)8-13-14(9)16(25-29-13)18(2,28)19(21,22)23/h3-5,9,28H,6-8H2,1-2H3/t9-,18+/m0/s1. The molecule has 10 heteroatoms. The zero-order chi connectivity index (χ0) is 21.1. The summed E-state index contributed by atoms with van der Waals surface area (Å²) in [6.45, 7) is 2.45. The fourth-order valence-electron chi connectivity index (χ4n) is 3.74. The highest BCUT2D eigenvalue weighted by Gasteiger charge is 2.55. The number of rotatable bonds is 2. The zero-order valence-electron chi connectivity index (χ0n) is 15.5. The van der Waals surface area contributed by atoms with Gasteiger partial charge in [0.1, 0.15) is 17.2 Å². The molecule has 6 nitrogen and oxygen atoms in total. The third-order valence-corrected chi connectivity index (χ3v) is 5.36. The average molecular weight is 411 g/mol. The number of alkyl halides is 3. The number of hydrogen-bond donors (Lipinski definition) is 1. The van der Waals surface area contributed by atoms with Gasteiger partial charge in [-0.3, -0.25) is 9.79 Å². The first kappa shape index (κ1) is 19.6. The summed E-state index contributed by atoms with van der Waals surface area (Å²) in [5.41, 5.74) is -2.37. The van der Waals surface area contributed by atoms with E-state index in [9.17, 15) is 27.5 Å². The number of aromatic nitrogens is 1. The van der Waals surface area contributed by atoms with Gasteiger partial charge in [-0.2, -0.15) is 13.2 Å². The molecule has 0 bridgehead atoms. The molecule has 0 saturated carbocycles. The van der Waals surface area contributed by atoms with Gasteiger partial charge in [0.15, 0.2) is 5.76 Å². The lowest BCUT2D eigenvalue weighted by molar-refractivity contribution is -0.261. The largest absolute Gasteiger partial charge is 0.422 e. The molecule has 0 radical (unpaired) electrons. The molecule has 0 spiro atoms. The fraction of sp³-hybridized carbons (Fsp3) is 0.421. The fourth-order valence-corrected chi connectivity index (χ4v) is 3.74. The molecule has 3 heterocycles. The summed E-state index contributed by atoms with van der Waals surface area (Å²) >= 11 is 0. The molecule has 0 saturated heterocycles. The maximum absolute atomic E-state index is 13.6. The van der Waals surface area contributed by atoms with Crippen LogP contribution in [0.3, 0.4) is 0 Å². The van der Waals surface area contributed by atoms with E-state index in [-0.39, 0.29) is 36.7 Å². The molecule has 0 aliphatic carbocycles. The van der Waals surface area contributed by atoms with E-state index >= 15 is 0 Å². The number of carbonyl (C=O) groups is 1. The van der Waals surface area contributed by atoms with Crippen LogP contribution in [0.2, 0.25) is 0 Å². The van der Waals surface area contributed by atoms with Crippen molar-refractivity contribution in [2.45, 2.75) is 44.6 Å². The van der Waals surface area contributed by atoms with Crippen LogP contribution in [-0.4, -0.2) is 39.5 Å². The number of halogens is 4. The van der Waals surface area contributed by atoms with E-state index in [1.807, 2.05) is 0 Å². The van der Waals surface area contributed by atoms with Crippen molar-refractivity contribution in [2.24, 2.45) is 4.99 Å². The van der Waals surface area contributed by atoms with Gasteiger partial charge in [-0.15, -0.1) is 0 Å². The minimum Gasteiger partial charge on any atom is -0.375 e. The van der Waals surface area contributed by atoms with Crippen LogP contribution in [0.1, 0.15) is 47.9 Å². The number of carbonyl (C=O) groups excluding carboxylic acids is 1. The number of aliphatic imine (C=N–C) groups is 1. The Morgan fingerprint density at radius 1 is 1.34 bits per heavy atom. The van der Waals surface area contributed by atoms with Crippen molar-refractivity contribution >= 4 is 11.6 Å². The Morgan fingerprint density at radius 3 is 2.76 bits per heavy atom. The van der Waals surface area contributed by atoms with E-state index < -0.39 is 35.1 Å². The van der Waals surface area contributed by atoms with Crippen LogP contribution in [0.25, 0.3) is 0 Å². The van der Waals surface area contributed by atoms with Crippen molar-refractivity contribution < 1.29 is 32.0 Å². The van der Waals surface area contributed by atoms with Gasteiger partial charge in [-0.05, 0) is 24.6 Å². The molecule has 154 valence electrons. The second-order valence-electron chi connectivity index (χ2n) is 7.49. The molecule has 1 aromatic heterocycles. The summed E-state index contributed by atoms with van der Waals surface area (Å²) < 4.78 is 58.4. The molecule has 29 heavy (non-hydrogen) atoms. The number of benzene rings is 1. The van der Waals surface area contributed by atoms with E-state index in [1.165, 1.54) is 17.0 Å². The molecule has 2 aliphatic heterocycles. The maximum Gasteiger partial charge on any atom is 0.422 e. The molecule has 1 aromatic carbocycles. The van der Waals surface area contributed by atoms with Gasteiger partial charge < -0.3 is 14.5 Å². The van der Waals surface area contributed by atoms with Gasteiger partial charge in [-0.1, -0.05) is 18.1 Å². The quantitative estimate of drug-likeness (QED) is 0.771. The van der Waals surface area contributed by atoms with Crippen molar-refractivity contribution in [3.05, 3.63) is 52.2 Å². The molecule has 1 N–H and O–H groups in total. The zero-order valence-corrected chi connectivity index (χ0v) is 15.5. The Kier molecular flexibility index (Phi) is 4.30. The first-order valence-electron chi connectivity index (χ1n) is 8.91. The van der Waals surface area contributed by atoms with Crippen LogP contribution in [0.4, 0.5) is 17.6 Å². The second kappa shape index (κ2) is 6.38. The van der Waals surface area contributed by atoms with Crippen molar-refractivity contribution in [3.63, 3.8) is 0 Å². The number of hydrogen-bond acceptors (Lipinski definition) is 5. The Balaban J connectivity index is 1.63. The molecule has 4 rings (SSSR count). The minimum atomic E-state index is -4.93. The first-order chi connectivity index (χ1) is 13.5. The number of fused-ring (bicyclic) bond motifs is 2. The summed E-state index contributed by atoms with van der Waals surface area (Å²) in [5, 5.41) is 13.4.